The Morgan fingerprint density at radius 1 is 1.03 bits per heavy atom. The molecule has 7 nitrogen and oxygen atoms in total. The molecule has 3 heterocycles. The van der Waals surface area contributed by atoms with E-state index in [1.807, 2.05) is 56.5 Å². The summed E-state index contributed by atoms with van der Waals surface area (Å²) in [6, 6.07) is 8.11. The van der Waals surface area contributed by atoms with Crippen molar-refractivity contribution in [1.29, 1.82) is 0 Å². The lowest BCUT2D eigenvalue weighted by molar-refractivity contribution is 0.00578. The number of imidazole rings is 1. The molecule has 1 aromatic carbocycles. The van der Waals surface area contributed by atoms with E-state index in [9.17, 15) is 0 Å². The fraction of sp³-hybridized carbons (Fsp3) is 0.450. The van der Waals surface area contributed by atoms with E-state index in [0.717, 1.165) is 11.2 Å². The van der Waals surface area contributed by atoms with Crippen LogP contribution in [-0.4, -0.2) is 37.8 Å². The molecule has 4 rings (SSSR count). The number of nitrogens with one attached hydrogen (secondary N) is 1. The van der Waals surface area contributed by atoms with E-state index in [-0.39, 0.29) is 22.5 Å². The van der Waals surface area contributed by atoms with Gasteiger partial charge in [-0.05, 0) is 70.7 Å². The van der Waals surface area contributed by atoms with E-state index in [1.165, 1.54) is 0 Å². The summed E-state index contributed by atoms with van der Waals surface area (Å²) in [7, 11) is -0.393. The second-order valence-corrected chi connectivity index (χ2v) is 8.93. The van der Waals surface area contributed by atoms with Gasteiger partial charge in [-0.2, -0.15) is 9.97 Å². The Balaban J connectivity index is 1.59. The number of hydrogen-bond donors (Lipinski definition) is 1. The van der Waals surface area contributed by atoms with Crippen molar-refractivity contribution in [3.63, 3.8) is 0 Å². The molecule has 0 bridgehead atoms. The first kappa shape index (κ1) is 20.1. The Bertz CT molecular complexity index is 1030. The Morgan fingerprint density at radius 3 is 2.24 bits per heavy atom. The lowest BCUT2D eigenvalue weighted by atomic mass is 9.79. The molecule has 0 saturated carbocycles. The standard InChI is InChI=1S/C20H25BClN5O2/c1-12(2)27-11-23-15-16(25-18(22)26-17(15)27)24-14-9-7-13(8-10-14)21-28-19(3,4)20(5,6)29-21/h7-12H,1-6H3,(H,24,25,26). The van der Waals surface area contributed by atoms with Gasteiger partial charge in [0.15, 0.2) is 17.0 Å². The second-order valence-electron chi connectivity index (χ2n) is 8.59. The van der Waals surface area contributed by atoms with Gasteiger partial charge in [0, 0.05) is 11.7 Å². The van der Waals surface area contributed by atoms with Crippen LogP contribution in [0.4, 0.5) is 11.5 Å². The molecular formula is C20H25BClN5O2. The van der Waals surface area contributed by atoms with E-state index in [0.29, 0.717) is 17.0 Å². The van der Waals surface area contributed by atoms with Gasteiger partial charge in [-0.1, -0.05) is 12.1 Å². The normalized spacial score (nSPS) is 18.0. The van der Waals surface area contributed by atoms with Gasteiger partial charge in [0.25, 0.3) is 0 Å². The predicted octanol–water partition coefficient (Wildman–Crippen LogP) is 4.10. The van der Waals surface area contributed by atoms with Crippen LogP contribution in [-0.2, 0) is 9.31 Å². The number of rotatable bonds is 4. The lowest BCUT2D eigenvalue weighted by Gasteiger charge is -2.32. The largest absolute Gasteiger partial charge is 0.494 e. The molecule has 0 atom stereocenters. The summed E-state index contributed by atoms with van der Waals surface area (Å²) in [4.78, 5) is 13.1. The summed E-state index contributed by atoms with van der Waals surface area (Å²) >= 11 is 6.15. The molecule has 0 unspecified atom stereocenters. The second kappa shape index (κ2) is 6.97. The molecule has 29 heavy (non-hydrogen) atoms. The zero-order valence-corrected chi connectivity index (χ0v) is 18.3. The molecule has 1 fully saturated rings. The fourth-order valence-corrected chi connectivity index (χ4v) is 3.36. The van der Waals surface area contributed by atoms with Crippen LogP contribution in [0.1, 0.15) is 47.6 Å². The summed E-state index contributed by atoms with van der Waals surface area (Å²) in [5.74, 6) is 0.572. The van der Waals surface area contributed by atoms with E-state index in [1.54, 1.807) is 6.33 Å². The van der Waals surface area contributed by atoms with Gasteiger partial charge in [0.05, 0.1) is 17.5 Å². The SMILES string of the molecule is CC(C)n1cnc2c(Nc3ccc(B4OC(C)(C)C(C)(C)O4)cc3)nc(Cl)nc21. The summed E-state index contributed by atoms with van der Waals surface area (Å²) in [5.41, 5.74) is 2.47. The van der Waals surface area contributed by atoms with Crippen molar-refractivity contribution >= 4 is 46.9 Å². The summed E-state index contributed by atoms with van der Waals surface area (Å²) in [6.45, 7) is 12.3. The first-order chi connectivity index (χ1) is 13.6. The van der Waals surface area contributed by atoms with Crippen LogP contribution in [0.5, 0.6) is 0 Å². The van der Waals surface area contributed by atoms with Gasteiger partial charge in [0.2, 0.25) is 5.28 Å². The van der Waals surface area contributed by atoms with E-state index >= 15 is 0 Å². The van der Waals surface area contributed by atoms with Crippen LogP contribution in [0.2, 0.25) is 5.28 Å². The van der Waals surface area contributed by atoms with Crippen molar-refractivity contribution in [2.45, 2.75) is 58.8 Å². The molecule has 1 saturated heterocycles. The molecule has 0 spiro atoms. The highest BCUT2D eigenvalue weighted by atomic mass is 35.5. The minimum absolute atomic E-state index is 0.177. The van der Waals surface area contributed by atoms with Crippen LogP contribution in [0.3, 0.4) is 0 Å². The molecule has 0 amide bonds. The number of hydrogen-bond acceptors (Lipinski definition) is 6. The number of fused-ring (bicyclic) bond motifs is 1. The Morgan fingerprint density at radius 2 is 1.66 bits per heavy atom. The number of halogens is 1. The van der Waals surface area contributed by atoms with Crippen molar-refractivity contribution in [2.24, 2.45) is 0 Å². The summed E-state index contributed by atoms with van der Waals surface area (Å²) < 4.78 is 14.2. The average Bonchev–Trinajstić information content (AvgIpc) is 3.14. The molecule has 2 aromatic heterocycles. The highest BCUT2D eigenvalue weighted by Crippen LogP contribution is 2.36. The minimum Gasteiger partial charge on any atom is -0.399 e. The first-order valence-electron chi connectivity index (χ1n) is 9.70. The van der Waals surface area contributed by atoms with Crippen LogP contribution in [0, 0.1) is 0 Å². The van der Waals surface area contributed by atoms with Crippen LogP contribution < -0.4 is 10.8 Å². The molecule has 1 N–H and O–H groups in total. The van der Waals surface area contributed by atoms with E-state index in [2.05, 4.69) is 34.1 Å². The smallest absolute Gasteiger partial charge is 0.399 e. The highest BCUT2D eigenvalue weighted by molar-refractivity contribution is 6.62. The topological polar surface area (TPSA) is 74.1 Å². The third-order valence-electron chi connectivity index (χ3n) is 5.65. The maximum absolute atomic E-state index is 6.15. The van der Waals surface area contributed by atoms with Crippen LogP contribution >= 0.6 is 11.6 Å². The number of aromatic nitrogens is 4. The van der Waals surface area contributed by atoms with Gasteiger partial charge < -0.3 is 19.2 Å². The zero-order chi connectivity index (χ0) is 21.0. The lowest BCUT2D eigenvalue weighted by Crippen LogP contribution is -2.41. The molecule has 0 aliphatic carbocycles. The van der Waals surface area contributed by atoms with Crippen molar-refractivity contribution in [3.05, 3.63) is 35.9 Å². The maximum Gasteiger partial charge on any atom is 0.494 e. The molecule has 9 heteroatoms. The molecule has 0 radical (unpaired) electrons. The third kappa shape index (κ3) is 3.61. The van der Waals surface area contributed by atoms with Gasteiger partial charge >= 0.3 is 7.12 Å². The highest BCUT2D eigenvalue weighted by Gasteiger charge is 2.51. The van der Waals surface area contributed by atoms with Crippen LogP contribution in [0.25, 0.3) is 11.2 Å². The average molecular weight is 414 g/mol. The first-order valence-corrected chi connectivity index (χ1v) is 10.1. The van der Waals surface area contributed by atoms with Gasteiger partial charge in [-0.3, -0.25) is 0 Å². The monoisotopic (exact) mass is 413 g/mol. The van der Waals surface area contributed by atoms with Crippen molar-refractivity contribution in [3.8, 4) is 0 Å². The molecular weight excluding hydrogens is 389 g/mol. The van der Waals surface area contributed by atoms with Crippen LogP contribution in [0.15, 0.2) is 30.6 Å². The maximum atomic E-state index is 6.15. The predicted molar refractivity (Wildman–Crippen MR) is 116 cm³/mol. The number of anilines is 2. The Kier molecular flexibility index (Phi) is 4.84. The summed E-state index contributed by atoms with van der Waals surface area (Å²) in [5, 5.41) is 3.47. The molecule has 152 valence electrons. The quantitative estimate of drug-likeness (QED) is 0.512. The van der Waals surface area contributed by atoms with Crippen molar-refractivity contribution in [2.75, 3.05) is 5.32 Å². The van der Waals surface area contributed by atoms with Crippen molar-refractivity contribution in [1.82, 2.24) is 19.5 Å². The number of benzene rings is 1. The molecule has 3 aromatic rings. The van der Waals surface area contributed by atoms with Gasteiger partial charge in [0.1, 0.15) is 0 Å². The van der Waals surface area contributed by atoms with Crippen molar-refractivity contribution < 1.29 is 9.31 Å². The minimum atomic E-state index is -0.393. The van der Waals surface area contributed by atoms with E-state index < -0.39 is 7.12 Å². The Hall–Kier alpha value is -2.16. The summed E-state index contributed by atoms with van der Waals surface area (Å²) in [6.07, 6.45) is 1.76. The molecule has 1 aliphatic heterocycles. The third-order valence-corrected chi connectivity index (χ3v) is 5.82. The molecule has 1 aliphatic rings. The van der Waals surface area contributed by atoms with Gasteiger partial charge in [-0.25, -0.2) is 4.98 Å². The Labute approximate surface area is 175 Å². The number of nitrogens with zero attached hydrogens (tertiary/aromatic N) is 4. The van der Waals surface area contributed by atoms with E-state index in [4.69, 9.17) is 20.9 Å². The fourth-order valence-electron chi connectivity index (χ4n) is 3.19. The van der Waals surface area contributed by atoms with Gasteiger partial charge in [-0.15, -0.1) is 0 Å². The zero-order valence-electron chi connectivity index (χ0n) is 17.5.